The first-order valence-electron chi connectivity index (χ1n) is 10.3. The van der Waals surface area contributed by atoms with Crippen LogP contribution in [0.4, 0.5) is 11.4 Å². The number of ether oxygens (including phenoxy) is 1. The molecule has 33 heavy (non-hydrogen) atoms. The van der Waals surface area contributed by atoms with E-state index in [9.17, 15) is 9.59 Å². The molecule has 1 saturated heterocycles. The van der Waals surface area contributed by atoms with E-state index in [-0.39, 0.29) is 18.2 Å². The van der Waals surface area contributed by atoms with E-state index in [0.29, 0.717) is 28.1 Å². The molecule has 1 heterocycles. The molecule has 3 aromatic carbocycles. The van der Waals surface area contributed by atoms with Crippen molar-refractivity contribution in [2.45, 2.75) is 18.2 Å². The Kier molecular flexibility index (Phi) is 7.32. The van der Waals surface area contributed by atoms with Crippen molar-refractivity contribution >= 4 is 51.7 Å². The van der Waals surface area contributed by atoms with E-state index in [1.165, 1.54) is 11.8 Å². The Morgan fingerprint density at radius 1 is 1.09 bits per heavy atom. The Hall–Kier alpha value is -3.29. The number of amidine groups is 1. The summed E-state index contributed by atoms with van der Waals surface area (Å²) in [6.07, 6.45) is 0.0604. The number of nitrogens with zero attached hydrogens (tertiary/aromatic N) is 2. The van der Waals surface area contributed by atoms with E-state index >= 15 is 0 Å². The maximum atomic E-state index is 13.2. The van der Waals surface area contributed by atoms with Gasteiger partial charge >= 0.3 is 0 Å². The molecule has 0 spiro atoms. The van der Waals surface area contributed by atoms with Crippen LogP contribution in [-0.2, 0) is 16.1 Å². The molecule has 0 saturated carbocycles. The highest BCUT2D eigenvalue weighted by Gasteiger charge is 2.36. The van der Waals surface area contributed by atoms with Crippen LogP contribution in [0.1, 0.15) is 12.0 Å². The molecule has 0 aliphatic carbocycles. The number of halogens is 1. The molecule has 4 rings (SSSR count). The van der Waals surface area contributed by atoms with Crippen molar-refractivity contribution < 1.29 is 14.3 Å². The summed E-state index contributed by atoms with van der Waals surface area (Å²) in [5, 5.41) is 3.13. The molecule has 0 aromatic heterocycles. The van der Waals surface area contributed by atoms with E-state index in [0.717, 1.165) is 11.3 Å². The van der Waals surface area contributed by atoms with E-state index in [4.69, 9.17) is 21.3 Å². The van der Waals surface area contributed by atoms with Crippen LogP contribution in [0, 0.1) is 0 Å². The Bertz CT molecular complexity index is 1170. The van der Waals surface area contributed by atoms with E-state index in [1.54, 1.807) is 36.3 Å². The minimum absolute atomic E-state index is 0.0604. The second-order valence-corrected chi connectivity index (χ2v) is 8.91. The second kappa shape index (κ2) is 10.6. The molecule has 8 heteroatoms. The lowest BCUT2D eigenvalue weighted by Crippen LogP contribution is -2.44. The van der Waals surface area contributed by atoms with Gasteiger partial charge in [-0.2, -0.15) is 0 Å². The van der Waals surface area contributed by atoms with Crippen LogP contribution in [0.25, 0.3) is 0 Å². The van der Waals surface area contributed by atoms with Gasteiger partial charge in [0.15, 0.2) is 5.17 Å². The smallest absolute Gasteiger partial charge is 0.238 e. The molecule has 6 nitrogen and oxygen atoms in total. The average Bonchev–Trinajstić information content (AvgIpc) is 2.83. The summed E-state index contributed by atoms with van der Waals surface area (Å²) in [5.41, 5.74) is 2.16. The van der Waals surface area contributed by atoms with Crippen molar-refractivity contribution in [1.82, 2.24) is 4.90 Å². The van der Waals surface area contributed by atoms with Crippen molar-refractivity contribution in [2.24, 2.45) is 4.99 Å². The zero-order valence-electron chi connectivity index (χ0n) is 17.9. The third-order valence-electron chi connectivity index (χ3n) is 5.04. The third kappa shape index (κ3) is 5.74. The van der Waals surface area contributed by atoms with Gasteiger partial charge in [-0.05, 0) is 42.0 Å². The van der Waals surface area contributed by atoms with Gasteiger partial charge in [0, 0.05) is 6.42 Å². The van der Waals surface area contributed by atoms with Gasteiger partial charge in [-0.3, -0.25) is 14.5 Å². The van der Waals surface area contributed by atoms with Crippen LogP contribution >= 0.6 is 23.4 Å². The van der Waals surface area contributed by atoms with Crippen LogP contribution in [-0.4, -0.2) is 34.2 Å². The van der Waals surface area contributed by atoms with E-state index in [2.05, 4.69) is 5.32 Å². The number of anilines is 1. The van der Waals surface area contributed by atoms with Gasteiger partial charge < -0.3 is 10.1 Å². The fourth-order valence-electron chi connectivity index (χ4n) is 3.30. The van der Waals surface area contributed by atoms with Crippen LogP contribution < -0.4 is 10.1 Å². The molecular weight excluding hydrogens is 458 g/mol. The molecule has 1 atom stereocenters. The second-order valence-electron chi connectivity index (χ2n) is 7.34. The van der Waals surface area contributed by atoms with Crippen LogP contribution in [0.3, 0.4) is 0 Å². The summed E-state index contributed by atoms with van der Waals surface area (Å²) in [6.45, 7) is 0.348. The Labute approximate surface area is 201 Å². The fraction of sp³-hybridized carbons (Fsp3) is 0.160. The molecule has 1 fully saturated rings. The van der Waals surface area contributed by atoms with E-state index in [1.807, 2.05) is 54.6 Å². The number of hydrogen-bond donors (Lipinski definition) is 1. The monoisotopic (exact) mass is 479 g/mol. The zero-order chi connectivity index (χ0) is 23.2. The molecule has 0 bridgehead atoms. The SMILES string of the molecule is COc1ccc(CN2C(=O)CC(C(=O)Nc3ccccc3Cl)SC2=Nc2ccccc2)cc1. The maximum Gasteiger partial charge on any atom is 0.238 e. The van der Waals surface area contributed by atoms with Crippen LogP contribution in [0.15, 0.2) is 83.9 Å². The standard InChI is InChI=1S/C25H22ClN3O3S/c1-32-19-13-11-17(12-14-19)16-29-23(30)15-22(24(31)28-21-10-6-5-9-20(21)26)33-25(29)27-18-7-3-2-4-8-18/h2-14,22H,15-16H2,1H3,(H,28,31). The van der Waals surface area contributed by atoms with Crippen molar-refractivity contribution in [2.75, 3.05) is 12.4 Å². The molecule has 0 radical (unpaired) electrons. The van der Waals surface area contributed by atoms with Crippen LogP contribution in [0.5, 0.6) is 5.75 Å². The Morgan fingerprint density at radius 3 is 2.48 bits per heavy atom. The summed E-state index contributed by atoms with van der Waals surface area (Å²) in [4.78, 5) is 32.4. The molecule has 1 aliphatic rings. The average molecular weight is 480 g/mol. The lowest BCUT2D eigenvalue weighted by Gasteiger charge is -2.32. The van der Waals surface area contributed by atoms with Gasteiger partial charge in [-0.15, -0.1) is 0 Å². The normalized spacial score (nSPS) is 17.2. The number of nitrogens with one attached hydrogen (secondary N) is 1. The van der Waals surface area contributed by atoms with Crippen molar-refractivity contribution in [1.29, 1.82) is 0 Å². The number of amides is 2. The van der Waals surface area contributed by atoms with Crippen molar-refractivity contribution in [3.63, 3.8) is 0 Å². The number of hydrogen-bond acceptors (Lipinski definition) is 5. The first-order chi connectivity index (χ1) is 16.0. The number of thioether (sulfide) groups is 1. The predicted molar refractivity (Wildman–Crippen MR) is 133 cm³/mol. The molecule has 1 aliphatic heterocycles. The summed E-state index contributed by atoms with van der Waals surface area (Å²) in [7, 11) is 1.61. The first kappa shape index (κ1) is 22.9. The predicted octanol–water partition coefficient (Wildman–Crippen LogP) is 5.51. The number of carbonyl (C=O) groups excluding carboxylic acids is 2. The molecule has 1 unspecified atom stereocenters. The minimum Gasteiger partial charge on any atom is -0.497 e. The summed E-state index contributed by atoms with van der Waals surface area (Å²) < 4.78 is 5.22. The highest BCUT2D eigenvalue weighted by atomic mass is 35.5. The Balaban J connectivity index is 1.58. The molecule has 1 N–H and O–H groups in total. The summed E-state index contributed by atoms with van der Waals surface area (Å²) in [5.74, 6) is 0.289. The van der Waals surface area contributed by atoms with Gasteiger partial charge in [-0.1, -0.05) is 65.8 Å². The maximum absolute atomic E-state index is 13.2. The largest absolute Gasteiger partial charge is 0.497 e. The molecular formula is C25H22ClN3O3S. The zero-order valence-corrected chi connectivity index (χ0v) is 19.5. The fourth-order valence-corrected chi connectivity index (χ4v) is 4.58. The molecule has 3 aromatic rings. The lowest BCUT2D eigenvalue weighted by molar-refractivity contribution is -0.129. The number of methoxy groups -OCH3 is 1. The number of aliphatic imine (C=N–C) groups is 1. The van der Waals surface area contributed by atoms with Crippen LogP contribution in [0.2, 0.25) is 5.02 Å². The van der Waals surface area contributed by atoms with Gasteiger partial charge in [0.1, 0.15) is 11.0 Å². The van der Waals surface area contributed by atoms with Crippen molar-refractivity contribution in [3.05, 3.63) is 89.4 Å². The van der Waals surface area contributed by atoms with E-state index < -0.39 is 5.25 Å². The number of rotatable bonds is 6. The number of carbonyl (C=O) groups is 2. The van der Waals surface area contributed by atoms with Gasteiger partial charge in [0.2, 0.25) is 11.8 Å². The number of benzene rings is 3. The number of para-hydroxylation sites is 2. The lowest BCUT2D eigenvalue weighted by atomic mass is 10.2. The highest BCUT2D eigenvalue weighted by molar-refractivity contribution is 8.15. The molecule has 168 valence electrons. The molecule has 2 amide bonds. The quantitative estimate of drug-likeness (QED) is 0.506. The van der Waals surface area contributed by atoms with Crippen molar-refractivity contribution in [3.8, 4) is 5.75 Å². The topological polar surface area (TPSA) is 71.0 Å². The highest BCUT2D eigenvalue weighted by Crippen LogP contribution is 2.32. The van der Waals surface area contributed by atoms with Gasteiger partial charge in [0.05, 0.1) is 30.1 Å². The summed E-state index contributed by atoms with van der Waals surface area (Å²) in [6, 6.07) is 23.9. The Morgan fingerprint density at radius 2 is 1.79 bits per heavy atom. The van der Waals surface area contributed by atoms with Gasteiger partial charge in [-0.25, -0.2) is 4.99 Å². The minimum atomic E-state index is -0.622. The first-order valence-corrected chi connectivity index (χ1v) is 11.6. The van der Waals surface area contributed by atoms with Gasteiger partial charge in [0.25, 0.3) is 0 Å². The summed E-state index contributed by atoms with van der Waals surface area (Å²) >= 11 is 7.45. The third-order valence-corrected chi connectivity index (χ3v) is 6.56.